The quantitative estimate of drug-likeness (QED) is 0.688. The maximum absolute atomic E-state index is 4.25. The Morgan fingerprint density at radius 3 is 2.63 bits per heavy atom. The summed E-state index contributed by atoms with van der Waals surface area (Å²) in [6.45, 7) is 3.71. The summed E-state index contributed by atoms with van der Waals surface area (Å²) >= 11 is 0. The number of imidazole rings is 1. The maximum Gasteiger partial charge on any atom is 0.136 e. The molecule has 2 aromatic heterocycles. The van der Waals surface area contributed by atoms with Gasteiger partial charge in [-0.15, -0.1) is 0 Å². The van der Waals surface area contributed by atoms with Crippen molar-refractivity contribution in [3.63, 3.8) is 0 Å². The van der Waals surface area contributed by atoms with Crippen molar-refractivity contribution in [3.05, 3.63) is 84.7 Å². The Bertz CT molecular complexity index is 705. The first-order valence-electron chi connectivity index (χ1n) is 6.31. The zero-order chi connectivity index (χ0) is 13.1. The van der Waals surface area contributed by atoms with Crippen LogP contribution in [0.25, 0.3) is 11.7 Å². The molecule has 0 unspecified atom stereocenters. The summed E-state index contributed by atoms with van der Waals surface area (Å²) in [5.41, 5.74) is 4.76. The second kappa shape index (κ2) is 5.11. The van der Waals surface area contributed by atoms with Crippen LogP contribution in [0.1, 0.15) is 16.7 Å². The topological polar surface area (TPSA) is 17.3 Å². The van der Waals surface area contributed by atoms with Gasteiger partial charge in [0.1, 0.15) is 5.65 Å². The van der Waals surface area contributed by atoms with Gasteiger partial charge in [0, 0.05) is 18.6 Å². The third-order valence-electron chi connectivity index (χ3n) is 3.15. The van der Waals surface area contributed by atoms with Gasteiger partial charge in [0.15, 0.2) is 0 Å². The summed E-state index contributed by atoms with van der Waals surface area (Å²) in [4.78, 5) is 4.25. The second-order valence-corrected chi connectivity index (χ2v) is 4.55. The molecule has 3 aromatic rings. The lowest BCUT2D eigenvalue weighted by molar-refractivity contribution is 1.10. The van der Waals surface area contributed by atoms with Crippen LogP contribution in [0.4, 0.5) is 0 Å². The number of pyridine rings is 1. The summed E-state index contributed by atoms with van der Waals surface area (Å²) in [6.07, 6.45) is 10.7. The monoisotopic (exact) mass is 247 g/mol. The first-order valence-corrected chi connectivity index (χ1v) is 6.31. The van der Waals surface area contributed by atoms with E-state index in [-0.39, 0.29) is 0 Å². The van der Waals surface area contributed by atoms with E-state index in [0.29, 0.717) is 0 Å². The molecule has 2 nitrogen and oxygen atoms in total. The Morgan fingerprint density at radius 2 is 1.84 bits per heavy atom. The van der Waals surface area contributed by atoms with Crippen molar-refractivity contribution in [1.29, 1.82) is 0 Å². The molecule has 2 heterocycles. The van der Waals surface area contributed by atoms with Crippen molar-refractivity contribution >= 4 is 11.7 Å². The minimum atomic E-state index is 0.933. The fourth-order valence-electron chi connectivity index (χ4n) is 2.19. The van der Waals surface area contributed by atoms with E-state index in [4.69, 9.17) is 0 Å². The molecule has 19 heavy (non-hydrogen) atoms. The van der Waals surface area contributed by atoms with E-state index in [1.54, 1.807) is 0 Å². The van der Waals surface area contributed by atoms with E-state index in [9.17, 15) is 0 Å². The van der Waals surface area contributed by atoms with Crippen molar-refractivity contribution in [2.75, 3.05) is 0 Å². The summed E-state index contributed by atoms with van der Waals surface area (Å²) in [5, 5.41) is 0. The van der Waals surface area contributed by atoms with Gasteiger partial charge in [-0.3, -0.25) is 0 Å². The fourth-order valence-corrected chi connectivity index (χ4v) is 2.19. The van der Waals surface area contributed by atoms with Crippen LogP contribution in [0.5, 0.6) is 0 Å². The molecule has 1 radical (unpaired) electrons. The molecule has 0 atom stereocenters. The number of allylic oxidation sites excluding steroid dienone is 1. The highest BCUT2D eigenvalue weighted by Crippen LogP contribution is 2.13. The average molecular weight is 247 g/mol. The minimum Gasteiger partial charge on any atom is -0.307 e. The molecule has 0 aliphatic rings. The lowest BCUT2D eigenvalue weighted by atomic mass is 10.0. The van der Waals surface area contributed by atoms with E-state index >= 15 is 0 Å². The lowest BCUT2D eigenvalue weighted by Gasteiger charge is -2.04. The van der Waals surface area contributed by atoms with E-state index in [1.807, 2.05) is 24.5 Å². The maximum atomic E-state index is 4.25. The predicted octanol–water partition coefficient (Wildman–Crippen LogP) is 3.77. The van der Waals surface area contributed by atoms with Crippen molar-refractivity contribution in [3.8, 4) is 0 Å². The van der Waals surface area contributed by atoms with Gasteiger partial charge in [0.25, 0.3) is 0 Å². The molecule has 0 aliphatic carbocycles. The molecule has 1 aromatic carbocycles. The summed E-state index contributed by atoms with van der Waals surface area (Å²) in [7, 11) is 0. The zero-order valence-electron chi connectivity index (χ0n) is 10.7. The molecule has 0 aliphatic heterocycles. The number of nitrogens with zero attached hydrogens (tertiary/aromatic N) is 2. The lowest BCUT2D eigenvalue weighted by Crippen LogP contribution is -1.92. The van der Waals surface area contributed by atoms with Crippen LogP contribution in [-0.4, -0.2) is 9.38 Å². The molecule has 0 bridgehead atoms. The Morgan fingerprint density at radius 1 is 1.05 bits per heavy atom. The average Bonchev–Trinajstić information content (AvgIpc) is 2.89. The molecule has 0 saturated heterocycles. The number of aromatic nitrogens is 2. The second-order valence-electron chi connectivity index (χ2n) is 4.55. The Kier molecular flexibility index (Phi) is 3.15. The predicted molar refractivity (Wildman–Crippen MR) is 78.8 cm³/mol. The van der Waals surface area contributed by atoms with Crippen LogP contribution in [0.3, 0.4) is 0 Å². The first-order chi connectivity index (χ1) is 9.35. The molecule has 0 amide bonds. The highest BCUT2D eigenvalue weighted by atomic mass is 15.0. The summed E-state index contributed by atoms with van der Waals surface area (Å²) < 4.78 is 2.05. The molecule has 3 rings (SSSR count). The molecule has 0 fully saturated rings. The standard InChI is InChI=1S/C17H15N2/c1-2-3-14-4-6-15(7-5-14)12-16-8-9-17-18-10-11-19(17)13-16/h2-11,13H,1,12H2. The van der Waals surface area contributed by atoms with Crippen LogP contribution in [0, 0.1) is 6.92 Å². The van der Waals surface area contributed by atoms with Crippen LogP contribution >= 0.6 is 0 Å². The van der Waals surface area contributed by atoms with E-state index < -0.39 is 0 Å². The number of hydrogen-bond acceptors (Lipinski definition) is 1. The van der Waals surface area contributed by atoms with Gasteiger partial charge in [-0.25, -0.2) is 4.98 Å². The molecular formula is C17H15N2. The Labute approximate surface area is 113 Å². The van der Waals surface area contributed by atoms with Crippen LogP contribution in [0.15, 0.2) is 61.1 Å². The van der Waals surface area contributed by atoms with E-state index in [2.05, 4.69) is 58.9 Å². The number of benzene rings is 1. The molecular weight excluding hydrogens is 232 g/mol. The molecule has 0 N–H and O–H groups in total. The zero-order valence-corrected chi connectivity index (χ0v) is 10.7. The van der Waals surface area contributed by atoms with Crippen LogP contribution in [-0.2, 0) is 6.42 Å². The van der Waals surface area contributed by atoms with Crippen LogP contribution in [0.2, 0.25) is 0 Å². The molecule has 0 spiro atoms. The van der Waals surface area contributed by atoms with Gasteiger partial charge in [-0.2, -0.15) is 0 Å². The number of hydrogen-bond donors (Lipinski definition) is 0. The SMILES string of the molecule is [CH2]C=Cc1ccc(Cc2ccc3nccn3c2)cc1. The molecule has 93 valence electrons. The van der Waals surface area contributed by atoms with Gasteiger partial charge >= 0.3 is 0 Å². The Hall–Kier alpha value is -2.35. The summed E-state index contributed by atoms with van der Waals surface area (Å²) in [5.74, 6) is 0. The van der Waals surface area contributed by atoms with Gasteiger partial charge in [-0.05, 0) is 36.1 Å². The van der Waals surface area contributed by atoms with Gasteiger partial charge in [0.05, 0.1) is 0 Å². The number of fused-ring (bicyclic) bond motifs is 1. The Balaban J connectivity index is 1.83. The van der Waals surface area contributed by atoms with Crippen molar-refractivity contribution < 1.29 is 0 Å². The smallest absolute Gasteiger partial charge is 0.136 e. The largest absolute Gasteiger partial charge is 0.307 e. The van der Waals surface area contributed by atoms with Gasteiger partial charge in [0.2, 0.25) is 0 Å². The normalized spacial score (nSPS) is 11.4. The summed E-state index contributed by atoms with van der Waals surface area (Å²) in [6, 6.07) is 12.7. The third kappa shape index (κ3) is 2.58. The van der Waals surface area contributed by atoms with Crippen molar-refractivity contribution in [1.82, 2.24) is 9.38 Å². The van der Waals surface area contributed by atoms with Gasteiger partial charge in [-0.1, -0.05) is 42.5 Å². The highest BCUT2D eigenvalue weighted by molar-refractivity contribution is 5.50. The third-order valence-corrected chi connectivity index (χ3v) is 3.15. The molecule has 2 heteroatoms. The van der Waals surface area contributed by atoms with Gasteiger partial charge < -0.3 is 4.40 Å². The van der Waals surface area contributed by atoms with Crippen molar-refractivity contribution in [2.24, 2.45) is 0 Å². The van der Waals surface area contributed by atoms with Crippen molar-refractivity contribution in [2.45, 2.75) is 6.42 Å². The first kappa shape index (κ1) is 11.7. The molecule has 0 saturated carbocycles. The fraction of sp³-hybridized carbons (Fsp3) is 0.0588. The van der Waals surface area contributed by atoms with E-state index in [0.717, 1.165) is 12.1 Å². The number of rotatable bonds is 3. The van der Waals surface area contributed by atoms with Crippen LogP contribution < -0.4 is 0 Å². The van der Waals surface area contributed by atoms with E-state index in [1.165, 1.54) is 16.7 Å². The highest BCUT2D eigenvalue weighted by Gasteiger charge is 1.99. The minimum absolute atomic E-state index is 0.933.